The van der Waals surface area contributed by atoms with E-state index in [1.54, 1.807) is 6.92 Å². The number of thiophene rings is 1. The number of rotatable bonds is 2. The molecule has 0 atom stereocenters. The summed E-state index contributed by atoms with van der Waals surface area (Å²) in [7, 11) is 0. The molecule has 1 aromatic rings. The fourth-order valence-corrected chi connectivity index (χ4v) is 2.40. The minimum Gasteiger partial charge on any atom is -0.258 e. The van der Waals surface area contributed by atoms with Crippen LogP contribution in [0.3, 0.4) is 0 Å². The van der Waals surface area contributed by atoms with Crippen molar-refractivity contribution in [2.24, 2.45) is 0 Å². The van der Waals surface area contributed by atoms with Crippen LogP contribution >= 0.6 is 11.3 Å². The molecule has 1 heterocycles. The Hall–Kier alpha value is -0.900. The Morgan fingerprint density at radius 3 is 2.33 bits per heavy atom. The highest BCUT2D eigenvalue weighted by molar-refractivity contribution is 7.12. The van der Waals surface area contributed by atoms with Gasteiger partial charge in [-0.25, -0.2) is 0 Å². The van der Waals surface area contributed by atoms with Crippen LogP contribution in [0.25, 0.3) is 0 Å². The first kappa shape index (κ1) is 9.19. The Bertz CT molecular complexity index is 317. The topological polar surface area (TPSA) is 43.1 Å². The smallest absolute Gasteiger partial charge is 0.258 e. The van der Waals surface area contributed by atoms with Gasteiger partial charge in [0.1, 0.15) is 0 Å². The molecule has 0 saturated heterocycles. The van der Waals surface area contributed by atoms with E-state index in [-0.39, 0.29) is 4.92 Å². The van der Waals surface area contributed by atoms with Gasteiger partial charge in [0.2, 0.25) is 0 Å². The highest BCUT2D eigenvalue weighted by atomic mass is 32.1. The fourth-order valence-electron chi connectivity index (χ4n) is 1.31. The van der Waals surface area contributed by atoms with Crippen LogP contribution in [0.2, 0.25) is 0 Å². The van der Waals surface area contributed by atoms with Gasteiger partial charge in [-0.2, -0.15) is 0 Å². The summed E-state index contributed by atoms with van der Waals surface area (Å²) in [5.74, 6) is 0. The van der Waals surface area contributed by atoms with Crippen molar-refractivity contribution in [1.82, 2.24) is 0 Å². The molecule has 0 unspecified atom stereocenters. The maximum Gasteiger partial charge on any atom is 0.286 e. The highest BCUT2D eigenvalue weighted by Gasteiger charge is 2.20. The maximum absolute atomic E-state index is 10.6. The first-order valence-corrected chi connectivity index (χ1v) is 4.62. The van der Waals surface area contributed by atoms with E-state index in [1.807, 2.05) is 13.8 Å². The third-order valence-electron chi connectivity index (χ3n) is 1.89. The zero-order valence-corrected chi connectivity index (χ0v) is 8.20. The van der Waals surface area contributed by atoms with Crippen LogP contribution in [0.4, 0.5) is 5.69 Å². The Labute approximate surface area is 75.2 Å². The first-order chi connectivity index (χ1) is 5.57. The van der Waals surface area contributed by atoms with Gasteiger partial charge >= 0.3 is 0 Å². The molecule has 0 bridgehead atoms. The molecule has 0 aliphatic heterocycles. The molecule has 0 aliphatic carbocycles. The molecule has 3 nitrogen and oxygen atoms in total. The Kier molecular flexibility index (Phi) is 2.47. The molecule has 1 aromatic heterocycles. The van der Waals surface area contributed by atoms with Crippen molar-refractivity contribution in [2.75, 3.05) is 0 Å². The first-order valence-electron chi connectivity index (χ1n) is 3.81. The molecule has 1 rings (SSSR count). The largest absolute Gasteiger partial charge is 0.286 e. The van der Waals surface area contributed by atoms with Crippen LogP contribution in [-0.2, 0) is 6.42 Å². The quantitative estimate of drug-likeness (QED) is 0.525. The van der Waals surface area contributed by atoms with Gasteiger partial charge in [0.05, 0.1) is 9.80 Å². The number of nitro groups is 1. The summed E-state index contributed by atoms with van der Waals surface area (Å²) in [6.45, 7) is 5.64. The summed E-state index contributed by atoms with van der Waals surface area (Å²) < 4.78 is 0. The van der Waals surface area contributed by atoms with Gasteiger partial charge in [-0.15, -0.1) is 11.3 Å². The average molecular weight is 185 g/mol. The number of hydrogen-bond donors (Lipinski definition) is 0. The van der Waals surface area contributed by atoms with Gasteiger partial charge in [0, 0.05) is 10.4 Å². The van der Waals surface area contributed by atoms with E-state index in [0.717, 1.165) is 21.7 Å². The second-order valence-electron chi connectivity index (χ2n) is 2.67. The zero-order valence-electron chi connectivity index (χ0n) is 7.38. The average Bonchev–Trinajstić information content (AvgIpc) is 2.25. The fraction of sp³-hybridized carbons (Fsp3) is 0.500. The highest BCUT2D eigenvalue weighted by Crippen LogP contribution is 2.33. The third kappa shape index (κ3) is 1.34. The van der Waals surface area contributed by atoms with Gasteiger partial charge in [0.25, 0.3) is 5.69 Å². The lowest BCUT2D eigenvalue weighted by Crippen LogP contribution is -1.90. The molecule has 4 heteroatoms. The predicted octanol–water partition coefficient (Wildman–Crippen LogP) is 2.84. The normalized spacial score (nSPS) is 10.2. The standard InChI is InChI=1S/C8H11NO2S/c1-4-7-5(2)8(9(10)11)6(3)12-7/h4H2,1-3H3. The Morgan fingerprint density at radius 1 is 1.50 bits per heavy atom. The lowest BCUT2D eigenvalue weighted by molar-refractivity contribution is -0.385. The second-order valence-corrected chi connectivity index (χ2v) is 3.97. The lowest BCUT2D eigenvalue weighted by atomic mass is 10.2. The van der Waals surface area contributed by atoms with E-state index in [9.17, 15) is 10.1 Å². The summed E-state index contributed by atoms with van der Waals surface area (Å²) in [5, 5.41) is 10.6. The van der Waals surface area contributed by atoms with Crippen molar-refractivity contribution in [3.8, 4) is 0 Å². The SMILES string of the molecule is CCc1sc(C)c([N+](=O)[O-])c1C. The van der Waals surface area contributed by atoms with Crippen molar-refractivity contribution < 1.29 is 4.92 Å². The minimum absolute atomic E-state index is 0.291. The molecular formula is C8H11NO2S. The van der Waals surface area contributed by atoms with Gasteiger partial charge in [0.15, 0.2) is 0 Å². The number of aryl methyl sites for hydroxylation is 2. The monoisotopic (exact) mass is 185 g/mol. The minimum atomic E-state index is -0.291. The van der Waals surface area contributed by atoms with Crippen molar-refractivity contribution in [1.29, 1.82) is 0 Å². The van der Waals surface area contributed by atoms with E-state index in [4.69, 9.17) is 0 Å². The van der Waals surface area contributed by atoms with Gasteiger partial charge in [-0.05, 0) is 20.3 Å². The molecule has 0 aromatic carbocycles. The maximum atomic E-state index is 10.6. The van der Waals surface area contributed by atoms with Crippen molar-refractivity contribution >= 4 is 17.0 Å². The van der Waals surface area contributed by atoms with Crippen LogP contribution < -0.4 is 0 Å². The summed E-state index contributed by atoms with van der Waals surface area (Å²) in [4.78, 5) is 12.2. The van der Waals surface area contributed by atoms with Crippen molar-refractivity contribution in [2.45, 2.75) is 27.2 Å². The second kappa shape index (κ2) is 3.23. The lowest BCUT2D eigenvalue weighted by Gasteiger charge is -1.91. The zero-order chi connectivity index (χ0) is 9.30. The molecular weight excluding hydrogens is 174 g/mol. The molecule has 0 fully saturated rings. The van der Waals surface area contributed by atoms with Crippen LogP contribution in [0.1, 0.15) is 22.2 Å². The number of hydrogen-bond acceptors (Lipinski definition) is 3. The third-order valence-corrected chi connectivity index (χ3v) is 3.23. The summed E-state index contributed by atoms with van der Waals surface area (Å²) in [6, 6.07) is 0. The van der Waals surface area contributed by atoms with Gasteiger partial charge < -0.3 is 0 Å². The van der Waals surface area contributed by atoms with Gasteiger partial charge in [-0.1, -0.05) is 6.92 Å². The van der Waals surface area contributed by atoms with Crippen LogP contribution in [-0.4, -0.2) is 4.92 Å². The molecule has 0 radical (unpaired) electrons. The molecule has 0 saturated carbocycles. The molecule has 0 spiro atoms. The van der Waals surface area contributed by atoms with E-state index >= 15 is 0 Å². The molecule has 12 heavy (non-hydrogen) atoms. The van der Waals surface area contributed by atoms with Crippen LogP contribution in [0.5, 0.6) is 0 Å². The molecule has 0 aliphatic rings. The molecule has 0 amide bonds. The number of nitrogens with zero attached hydrogens (tertiary/aromatic N) is 1. The van der Waals surface area contributed by atoms with E-state index in [0.29, 0.717) is 5.69 Å². The Morgan fingerprint density at radius 2 is 2.08 bits per heavy atom. The molecule has 0 N–H and O–H groups in total. The van der Waals surface area contributed by atoms with Crippen LogP contribution in [0, 0.1) is 24.0 Å². The van der Waals surface area contributed by atoms with Crippen LogP contribution in [0.15, 0.2) is 0 Å². The van der Waals surface area contributed by atoms with Gasteiger partial charge in [-0.3, -0.25) is 10.1 Å². The molecule has 66 valence electrons. The van der Waals surface area contributed by atoms with E-state index in [2.05, 4.69) is 0 Å². The summed E-state index contributed by atoms with van der Waals surface area (Å²) in [6.07, 6.45) is 0.880. The van der Waals surface area contributed by atoms with E-state index in [1.165, 1.54) is 11.3 Å². The Balaban J connectivity index is 3.28. The van der Waals surface area contributed by atoms with Crippen molar-refractivity contribution in [3.63, 3.8) is 0 Å². The van der Waals surface area contributed by atoms with Crippen molar-refractivity contribution in [3.05, 3.63) is 25.4 Å². The predicted molar refractivity (Wildman–Crippen MR) is 49.8 cm³/mol. The summed E-state index contributed by atoms with van der Waals surface area (Å²) >= 11 is 1.53. The van der Waals surface area contributed by atoms with E-state index < -0.39 is 0 Å². The summed E-state index contributed by atoms with van der Waals surface area (Å²) in [5.41, 5.74) is 1.14.